The molecule has 4 atom stereocenters. The summed E-state index contributed by atoms with van der Waals surface area (Å²) in [7, 11) is 0. The Hall–Kier alpha value is -7.04. The number of hydrogen-bond donors (Lipinski definition) is 4. The molecule has 10 rings (SSSR count). The molecule has 16 nitrogen and oxygen atoms in total. The van der Waals surface area contributed by atoms with Gasteiger partial charge in [-0.25, -0.2) is 9.59 Å². The zero-order chi connectivity index (χ0) is 45.3. The van der Waals surface area contributed by atoms with Gasteiger partial charge in [0, 0.05) is 134 Å². The van der Waals surface area contributed by atoms with Gasteiger partial charge < -0.3 is 50.5 Å². The zero-order valence-electron chi connectivity index (χ0n) is 36.9. The summed E-state index contributed by atoms with van der Waals surface area (Å²) in [5, 5.41) is 2.39. The van der Waals surface area contributed by atoms with Gasteiger partial charge in [0.05, 0.1) is 0 Å². The Kier molecular flexibility index (Phi) is 12.0. The Labute approximate surface area is 383 Å². The molecule has 2 amide bonds. The van der Waals surface area contributed by atoms with Crippen LogP contribution in [0.15, 0.2) is 109 Å². The molecule has 4 aromatic carbocycles. The van der Waals surface area contributed by atoms with Crippen molar-refractivity contribution in [1.29, 1.82) is 0 Å². The van der Waals surface area contributed by atoms with E-state index in [0.29, 0.717) is 24.5 Å². The third kappa shape index (κ3) is 8.73. The van der Waals surface area contributed by atoms with Crippen LogP contribution < -0.4 is 31.1 Å². The van der Waals surface area contributed by atoms with E-state index in [9.17, 15) is 19.2 Å². The van der Waals surface area contributed by atoms with E-state index < -0.39 is 36.2 Å². The first-order valence-corrected chi connectivity index (χ1v) is 23.0. The second-order valence-corrected chi connectivity index (χ2v) is 17.9. The van der Waals surface area contributed by atoms with E-state index in [-0.39, 0.29) is 11.8 Å². The van der Waals surface area contributed by atoms with Crippen LogP contribution in [0, 0.1) is 0 Å². The highest BCUT2D eigenvalue weighted by atomic mass is 16.6. The van der Waals surface area contributed by atoms with E-state index in [1.807, 2.05) is 60.9 Å². The van der Waals surface area contributed by atoms with Gasteiger partial charge in [-0.1, -0.05) is 36.4 Å². The number of nitrogens with two attached hydrogens (primary N) is 2. The second kappa shape index (κ2) is 18.4. The van der Waals surface area contributed by atoms with Crippen LogP contribution in [0.3, 0.4) is 0 Å². The number of anilines is 4. The number of fused-ring (bicyclic) bond motifs is 4. The average Bonchev–Trinajstić information content (AvgIpc) is 4.16. The second-order valence-electron chi connectivity index (χ2n) is 17.9. The SMILES string of the molecule is NC(=O)C(OC(=O)C(=O)OC(C(N)=O)N1C[C@@H](CCN2CCN(c3ccc4[nH]ccc4c3)CC2)c2ccccc21)N1C[C@@H](CCN2CCN(c3ccc4[nH]ccc4c3)CC2)c2ccccc21. The first-order chi connectivity index (χ1) is 32.2. The van der Waals surface area contributed by atoms with Crippen molar-refractivity contribution in [2.24, 2.45) is 11.5 Å². The molecule has 0 bridgehead atoms. The van der Waals surface area contributed by atoms with E-state index in [0.717, 1.165) is 100 Å². The number of rotatable bonds is 14. The lowest BCUT2D eigenvalue weighted by Gasteiger charge is -2.36. The van der Waals surface area contributed by atoms with Gasteiger partial charge in [-0.15, -0.1) is 0 Å². The number of piperazine rings is 2. The maximum atomic E-state index is 13.5. The van der Waals surface area contributed by atoms with Crippen molar-refractivity contribution in [3.05, 3.63) is 121 Å². The van der Waals surface area contributed by atoms with Gasteiger partial charge in [-0.2, -0.15) is 0 Å². The summed E-state index contributed by atoms with van der Waals surface area (Å²) in [6.07, 6.45) is 2.33. The number of amides is 2. The number of H-pyrrole nitrogens is 2. The summed E-state index contributed by atoms with van der Waals surface area (Å²) in [5.74, 6) is -4.75. The van der Waals surface area contributed by atoms with Gasteiger partial charge in [-0.05, 0) is 97.7 Å². The number of nitrogens with zero attached hydrogens (tertiary/aromatic N) is 6. The molecule has 2 saturated heterocycles. The summed E-state index contributed by atoms with van der Waals surface area (Å²) >= 11 is 0. The number of carbonyl (C=O) groups excluding carboxylic acids is 4. The largest absolute Gasteiger partial charge is 0.423 e. The first-order valence-electron chi connectivity index (χ1n) is 23.0. The number of primary amides is 2. The van der Waals surface area contributed by atoms with Gasteiger partial charge in [0.1, 0.15) is 0 Å². The first kappa shape index (κ1) is 42.9. The lowest BCUT2D eigenvalue weighted by molar-refractivity contribution is -0.176. The number of carbonyl (C=O) groups is 4. The quantitative estimate of drug-likeness (QED) is 0.0899. The molecule has 16 heteroatoms. The van der Waals surface area contributed by atoms with Crippen molar-refractivity contribution < 1.29 is 28.7 Å². The summed E-state index contributed by atoms with van der Waals surface area (Å²) in [4.78, 5) is 72.6. The van der Waals surface area contributed by atoms with Gasteiger partial charge >= 0.3 is 11.9 Å². The summed E-state index contributed by atoms with van der Waals surface area (Å²) in [6.45, 7) is 9.65. The van der Waals surface area contributed by atoms with E-state index in [1.54, 1.807) is 9.80 Å². The third-order valence-electron chi connectivity index (χ3n) is 14.0. The van der Waals surface area contributed by atoms with Crippen LogP contribution in [0.2, 0.25) is 0 Å². The number of nitrogens with one attached hydrogen (secondary N) is 2. The Balaban J connectivity index is 0.737. The van der Waals surface area contributed by atoms with Crippen LogP contribution in [0.1, 0.15) is 35.8 Å². The summed E-state index contributed by atoms with van der Waals surface area (Å²) in [5.41, 5.74) is 19.8. The van der Waals surface area contributed by atoms with Crippen LogP contribution >= 0.6 is 0 Å². The van der Waals surface area contributed by atoms with Crippen molar-refractivity contribution in [3.8, 4) is 0 Å². The molecular formula is C50H56N10O6. The maximum Gasteiger partial charge on any atom is 0.419 e. The normalized spacial score (nSPS) is 19.8. The van der Waals surface area contributed by atoms with E-state index in [4.69, 9.17) is 20.9 Å². The highest BCUT2D eigenvalue weighted by Gasteiger charge is 2.42. The molecular weight excluding hydrogens is 837 g/mol. The van der Waals surface area contributed by atoms with Crippen LogP contribution in [-0.4, -0.2) is 135 Å². The number of para-hydroxylation sites is 2. The molecule has 6 heterocycles. The van der Waals surface area contributed by atoms with E-state index >= 15 is 0 Å². The van der Waals surface area contributed by atoms with Crippen LogP contribution in [0.5, 0.6) is 0 Å². The van der Waals surface area contributed by atoms with Gasteiger partial charge in [0.15, 0.2) is 0 Å². The lowest BCUT2D eigenvalue weighted by atomic mass is 9.97. The number of aromatic nitrogens is 2. The summed E-state index contributed by atoms with van der Waals surface area (Å²) in [6, 6.07) is 32.5. The Morgan fingerprint density at radius 2 is 0.955 bits per heavy atom. The highest BCUT2D eigenvalue weighted by Crippen LogP contribution is 2.41. The van der Waals surface area contributed by atoms with Crippen molar-refractivity contribution >= 4 is 68.3 Å². The minimum absolute atomic E-state index is 0.0142. The van der Waals surface area contributed by atoms with Crippen LogP contribution in [0.25, 0.3) is 21.8 Å². The predicted molar refractivity (Wildman–Crippen MR) is 254 cm³/mol. The van der Waals surface area contributed by atoms with Gasteiger partial charge in [0.25, 0.3) is 24.3 Å². The van der Waals surface area contributed by atoms with Gasteiger partial charge in [-0.3, -0.25) is 19.4 Å². The summed E-state index contributed by atoms with van der Waals surface area (Å²) < 4.78 is 11.1. The lowest BCUT2D eigenvalue weighted by Crippen LogP contribution is -2.51. The third-order valence-corrected chi connectivity index (χ3v) is 14.0. The Morgan fingerprint density at radius 1 is 0.545 bits per heavy atom. The molecule has 0 spiro atoms. The number of benzene rings is 4. The molecule has 6 aromatic rings. The monoisotopic (exact) mass is 892 g/mol. The number of hydrogen-bond acceptors (Lipinski definition) is 12. The Morgan fingerprint density at radius 3 is 1.36 bits per heavy atom. The molecule has 0 aliphatic carbocycles. The number of ether oxygens (including phenoxy) is 2. The highest BCUT2D eigenvalue weighted by molar-refractivity contribution is 6.30. The predicted octanol–water partition coefficient (Wildman–Crippen LogP) is 4.29. The molecule has 2 fully saturated rings. The minimum Gasteiger partial charge on any atom is -0.423 e. The molecule has 6 N–H and O–H groups in total. The molecule has 2 aromatic heterocycles. The van der Waals surface area contributed by atoms with Crippen molar-refractivity contribution in [3.63, 3.8) is 0 Å². The Bertz CT molecular complexity index is 2550. The number of esters is 2. The fourth-order valence-corrected chi connectivity index (χ4v) is 10.5. The fraction of sp³-hybridized carbons (Fsp3) is 0.360. The van der Waals surface area contributed by atoms with E-state index in [2.05, 4.69) is 78.1 Å². The van der Waals surface area contributed by atoms with Crippen molar-refractivity contribution in [2.75, 3.05) is 98.1 Å². The molecule has 0 saturated carbocycles. The average molecular weight is 893 g/mol. The molecule has 4 aliphatic heterocycles. The molecule has 66 heavy (non-hydrogen) atoms. The topological polar surface area (TPSA) is 190 Å². The molecule has 342 valence electrons. The minimum atomic E-state index is -1.59. The van der Waals surface area contributed by atoms with Crippen LogP contribution in [-0.2, 0) is 28.7 Å². The smallest absolute Gasteiger partial charge is 0.419 e. The van der Waals surface area contributed by atoms with E-state index in [1.165, 1.54) is 22.1 Å². The van der Waals surface area contributed by atoms with Crippen LogP contribution in [0.4, 0.5) is 22.7 Å². The number of aromatic amines is 2. The molecule has 0 radical (unpaired) electrons. The fourth-order valence-electron chi connectivity index (χ4n) is 10.5. The zero-order valence-corrected chi connectivity index (χ0v) is 36.9. The standard InChI is InChI=1S/C50H56N10O6/c51-45(61)47(59-31-35(39-5-1-3-7-43(39)59)15-19-55-21-25-57(26-22-55)37-9-11-41-33(29-37)13-17-53-41)65-49(63)50(64)66-48(46(52)62)60-32-36(40-6-2-4-8-44(40)60)16-20-56-23-27-58(28-24-56)38-10-12-42-34(30-38)14-18-54-42/h1-14,17-18,29-30,35-36,47-48,53-54H,15-16,19-28,31-32H2,(H2,51,61)(H2,52,62)/t35-,36-,47?,48?/m1/s1. The maximum absolute atomic E-state index is 13.5. The molecule has 2 unspecified atom stereocenters. The van der Waals surface area contributed by atoms with Gasteiger partial charge in [0.2, 0.25) is 0 Å². The van der Waals surface area contributed by atoms with Crippen molar-refractivity contribution in [1.82, 2.24) is 19.8 Å². The van der Waals surface area contributed by atoms with Crippen molar-refractivity contribution in [2.45, 2.75) is 37.1 Å². The molecule has 4 aliphatic rings.